The van der Waals surface area contributed by atoms with E-state index in [0.717, 1.165) is 42.7 Å². The van der Waals surface area contributed by atoms with Gasteiger partial charge >= 0.3 is 12.1 Å². The standard InChI is InChI=1S/C27H39F3N2O4S2/c1-3-4-5-6-7-8-9-10-11-12-19-31-38(34,35)26-18-17-25(37-26)21-32(36-22(2)33)20-23-13-15-24(16-14-23)27(28,29)30/h13-18,31H,3-12,19-21H2,1-2H3. The van der Waals surface area contributed by atoms with Gasteiger partial charge in [0.25, 0.3) is 0 Å². The molecule has 0 amide bonds. The first-order valence-electron chi connectivity index (χ1n) is 13.2. The zero-order chi connectivity index (χ0) is 28.0. The van der Waals surface area contributed by atoms with Gasteiger partial charge in [0.05, 0.1) is 18.7 Å². The fourth-order valence-corrected chi connectivity index (χ4v) is 6.43. The third-order valence-electron chi connectivity index (χ3n) is 5.95. The first-order chi connectivity index (χ1) is 18.0. The maximum Gasteiger partial charge on any atom is 0.416 e. The molecule has 11 heteroatoms. The van der Waals surface area contributed by atoms with Crippen LogP contribution in [0.5, 0.6) is 0 Å². The molecule has 0 atom stereocenters. The van der Waals surface area contributed by atoms with Crippen LogP contribution in [-0.4, -0.2) is 26.0 Å². The van der Waals surface area contributed by atoms with Gasteiger partial charge in [0.15, 0.2) is 0 Å². The molecule has 214 valence electrons. The second-order valence-electron chi connectivity index (χ2n) is 9.38. The number of unbranched alkanes of at least 4 members (excludes halogenated alkanes) is 9. The normalized spacial score (nSPS) is 12.3. The van der Waals surface area contributed by atoms with Crippen LogP contribution < -0.4 is 4.72 Å². The van der Waals surface area contributed by atoms with E-state index in [9.17, 15) is 26.4 Å². The number of hydroxylamine groups is 2. The Balaban J connectivity index is 1.81. The van der Waals surface area contributed by atoms with Gasteiger partial charge in [-0.15, -0.1) is 16.4 Å². The molecule has 6 nitrogen and oxygen atoms in total. The fraction of sp³-hybridized carbons (Fsp3) is 0.593. The van der Waals surface area contributed by atoms with Gasteiger partial charge in [0, 0.05) is 18.3 Å². The summed E-state index contributed by atoms with van der Waals surface area (Å²) in [5.41, 5.74) is -0.250. The largest absolute Gasteiger partial charge is 0.416 e. The molecule has 38 heavy (non-hydrogen) atoms. The minimum atomic E-state index is -4.44. The van der Waals surface area contributed by atoms with Gasteiger partial charge in [-0.25, -0.2) is 13.1 Å². The molecule has 0 saturated heterocycles. The zero-order valence-electron chi connectivity index (χ0n) is 22.2. The Hall–Kier alpha value is -1.95. The summed E-state index contributed by atoms with van der Waals surface area (Å²) < 4.78 is 66.6. The Labute approximate surface area is 228 Å². The number of benzene rings is 1. The molecule has 2 rings (SSSR count). The van der Waals surface area contributed by atoms with Crippen LogP contribution in [0.3, 0.4) is 0 Å². The average Bonchev–Trinajstić information content (AvgIpc) is 3.31. The Morgan fingerprint density at radius 3 is 2.03 bits per heavy atom. The molecule has 0 spiro atoms. The summed E-state index contributed by atoms with van der Waals surface area (Å²) in [6, 6.07) is 7.73. The number of nitrogens with zero attached hydrogens (tertiary/aromatic N) is 1. The smallest absolute Gasteiger partial charge is 0.368 e. The van der Waals surface area contributed by atoms with Crippen molar-refractivity contribution in [2.45, 2.75) is 102 Å². The van der Waals surface area contributed by atoms with Gasteiger partial charge in [0.2, 0.25) is 10.0 Å². The molecule has 0 aliphatic carbocycles. The number of thiophene rings is 1. The van der Waals surface area contributed by atoms with Gasteiger partial charge in [-0.2, -0.15) is 13.2 Å². The van der Waals surface area contributed by atoms with Gasteiger partial charge in [-0.3, -0.25) is 4.79 Å². The Morgan fingerprint density at radius 1 is 0.895 bits per heavy atom. The molecule has 0 saturated carbocycles. The van der Waals surface area contributed by atoms with E-state index >= 15 is 0 Å². The molecule has 1 aromatic carbocycles. The lowest BCUT2D eigenvalue weighted by Gasteiger charge is -2.20. The Morgan fingerprint density at radius 2 is 1.47 bits per heavy atom. The van der Waals surface area contributed by atoms with E-state index in [1.165, 1.54) is 75.1 Å². The van der Waals surface area contributed by atoms with E-state index in [4.69, 9.17) is 4.84 Å². The number of halogens is 3. The molecule has 0 aliphatic rings. The highest BCUT2D eigenvalue weighted by Crippen LogP contribution is 2.29. The van der Waals surface area contributed by atoms with Crippen molar-refractivity contribution in [3.63, 3.8) is 0 Å². The van der Waals surface area contributed by atoms with Gasteiger partial charge in [-0.05, 0) is 36.2 Å². The SMILES string of the molecule is CCCCCCCCCCCCNS(=O)(=O)c1ccc(CN(Cc2ccc(C(F)(F)F)cc2)OC(C)=O)s1. The fourth-order valence-electron chi connectivity index (χ4n) is 3.96. The lowest BCUT2D eigenvalue weighted by Crippen LogP contribution is -2.25. The number of rotatable bonds is 18. The highest BCUT2D eigenvalue weighted by Gasteiger charge is 2.30. The zero-order valence-corrected chi connectivity index (χ0v) is 23.8. The molecule has 2 aromatic rings. The molecular weight excluding hydrogens is 537 g/mol. The summed E-state index contributed by atoms with van der Waals surface area (Å²) in [6.07, 6.45) is 7.27. The van der Waals surface area contributed by atoms with E-state index in [1.807, 2.05) is 0 Å². The first-order valence-corrected chi connectivity index (χ1v) is 15.5. The van der Waals surface area contributed by atoms with Crippen molar-refractivity contribution in [1.29, 1.82) is 0 Å². The van der Waals surface area contributed by atoms with Crippen LogP contribution >= 0.6 is 11.3 Å². The second-order valence-corrected chi connectivity index (χ2v) is 12.5. The van der Waals surface area contributed by atoms with Gasteiger partial charge < -0.3 is 4.84 Å². The second kappa shape index (κ2) is 16.2. The molecular formula is C27H39F3N2O4S2. The minimum Gasteiger partial charge on any atom is -0.368 e. The van der Waals surface area contributed by atoms with Gasteiger partial charge in [-0.1, -0.05) is 76.8 Å². The summed E-state index contributed by atoms with van der Waals surface area (Å²) in [7, 11) is -3.65. The van der Waals surface area contributed by atoms with Crippen LogP contribution in [0.25, 0.3) is 0 Å². The van der Waals surface area contributed by atoms with Crippen molar-refractivity contribution in [2.75, 3.05) is 6.54 Å². The minimum absolute atomic E-state index is 0.0503. The number of carbonyl (C=O) groups excluding carboxylic acids is 1. The summed E-state index contributed by atoms with van der Waals surface area (Å²) >= 11 is 1.06. The molecule has 0 radical (unpaired) electrons. The van der Waals surface area contributed by atoms with Crippen LogP contribution in [0.4, 0.5) is 13.2 Å². The predicted octanol–water partition coefficient (Wildman–Crippen LogP) is 7.45. The number of hydrogen-bond acceptors (Lipinski definition) is 6. The van der Waals surface area contributed by atoms with Crippen LogP contribution in [0.2, 0.25) is 0 Å². The number of nitrogens with one attached hydrogen (secondary N) is 1. The molecule has 0 fully saturated rings. The molecule has 0 unspecified atom stereocenters. The monoisotopic (exact) mass is 576 g/mol. The molecule has 1 N–H and O–H groups in total. The third kappa shape index (κ3) is 12.3. The van der Waals surface area contributed by atoms with E-state index in [0.29, 0.717) is 17.0 Å². The Bertz CT molecular complexity index is 1070. The predicted molar refractivity (Wildman–Crippen MR) is 144 cm³/mol. The third-order valence-corrected chi connectivity index (χ3v) is 8.98. The van der Waals surface area contributed by atoms with Gasteiger partial charge in [0.1, 0.15) is 4.21 Å². The van der Waals surface area contributed by atoms with Crippen LogP contribution in [0.1, 0.15) is 94.1 Å². The molecule has 1 heterocycles. The molecule has 0 bridgehead atoms. The lowest BCUT2D eigenvalue weighted by atomic mass is 10.1. The van der Waals surface area contributed by atoms with Crippen LogP contribution in [-0.2, 0) is 38.9 Å². The molecule has 0 aliphatic heterocycles. The van der Waals surface area contributed by atoms with E-state index in [2.05, 4.69) is 11.6 Å². The summed E-state index contributed by atoms with van der Waals surface area (Å²) in [5.74, 6) is -0.584. The van der Waals surface area contributed by atoms with E-state index < -0.39 is 27.7 Å². The average molecular weight is 577 g/mol. The first kappa shape index (κ1) is 32.3. The van der Waals surface area contributed by atoms with Crippen molar-refractivity contribution in [2.24, 2.45) is 0 Å². The number of carbonyl (C=O) groups is 1. The number of hydrogen-bond donors (Lipinski definition) is 1. The van der Waals surface area contributed by atoms with Crippen molar-refractivity contribution < 1.29 is 31.2 Å². The van der Waals surface area contributed by atoms with Crippen molar-refractivity contribution in [3.8, 4) is 0 Å². The van der Waals surface area contributed by atoms with E-state index in [1.54, 1.807) is 6.07 Å². The topological polar surface area (TPSA) is 75.7 Å². The quantitative estimate of drug-likeness (QED) is 0.147. The maximum absolute atomic E-state index is 12.8. The van der Waals surface area contributed by atoms with Crippen LogP contribution in [0.15, 0.2) is 40.6 Å². The van der Waals surface area contributed by atoms with E-state index in [-0.39, 0.29) is 17.3 Å². The Kier molecular flexibility index (Phi) is 13.8. The summed E-state index contributed by atoms with van der Waals surface area (Å²) in [4.78, 5) is 17.4. The van der Waals surface area contributed by atoms with Crippen molar-refractivity contribution in [3.05, 3.63) is 52.4 Å². The van der Waals surface area contributed by atoms with Crippen molar-refractivity contribution in [1.82, 2.24) is 9.79 Å². The maximum atomic E-state index is 12.8. The number of alkyl halides is 3. The molecule has 1 aromatic heterocycles. The van der Waals surface area contributed by atoms with Crippen molar-refractivity contribution >= 4 is 27.3 Å². The number of sulfonamides is 1. The summed E-state index contributed by atoms with van der Waals surface area (Å²) in [5, 5.41) is 1.30. The highest BCUT2D eigenvalue weighted by molar-refractivity contribution is 7.91. The lowest BCUT2D eigenvalue weighted by molar-refractivity contribution is -0.193. The highest BCUT2D eigenvalue weighted by atomic mass is 32.2. The summed E-state index contributed by atoms with van der Waals surface area (Å²) in [6.45, 7) is 3.95. The van der Waals surface area contributed by atoms with Crippen LogP contribution in [0, 0.1) is 0 Å².